The van der Waals surface area contributed by atoms with Crippen molar-refractivity contribution < 1.29 is 9.59 Å². The van der Waals surface area contributed by atoms with Crippen LogP contribution < -0.4 is 10.6 Å². The van der Waals surface area contributed by atoms with Crippen LogP contribution in [-0.4, -0.2) is 32.3 Å². The van der Waals surface area contributed by atoms with Gasteiger partial charge in [-0.25, -0.2) is 0 Å². The van der Waals surface area contributed by atoms with Gasteiger partial charge in [-0.2, -0.15) is 0 Å². The Morgan fingerprint density at radius 2 is 1.79 bits per heavy atom. The predicted octanol–water partition coefficient (Wildman–Crippen LogP) is 6.12. The molecule has 34 heavy (non-hydrogen) atoms. The Kier molecular flexibility index (Phi) is 9.24. The number of thioether (sulfide) groups is 1. The molecule has 0 spiro atoms. The third kappa shape index (κ3) is 6.44. The van der Waals surface area contributed by atoms with Gasteiger partial charge in [0.05, 0.1) is 33.1 Å². The van der Waals surface area contributed by atoms with Crippen molar-refractivity contribution in [2.24, 2.45) is 5.92 Å². The van der Waals surface area contributed by atoms with Gasteiger partial charge in [-0.15, -0.1) is 10.2 Å². The summed E-state index contributed by atoms with van der Waals surface area (Å²) in [4.78, 5) is 25.3. The monoisotopic (exact) mass is 539 g/mol. The van der Waals surface area contributed by atoms with Crippen molar-refractivity contribution >= 4 is 64.1 Å². The highest BCUT2D eigenvalue weighted by Crippen LogP contribution is 2.28. The van der Waals surface area contributed by atoms with Gasteiger partial charge in [0.25, 0.3) is 5.91 Å². The molecule has 3 rings (SSSR count). The maximum atomic E-state index is 12.9. The molecule has 1 atom stereocenters. The third-order valence-electron chi connectivity index (χ3n) is 4.95. The Morgan fingerprint density at radius 3 is 2.44 bits per heavy atom. The van der Waals surface area contributed by atoms with Gasteiger partial charge in [-0.1, -0.05) is 72.5 Å². The first-order chi connectivity index (χ1) is 16.2. The van der Waals surface area contributed by atoms with Crippen LogP contribution in [0.4, 0.5) is 5.69 Å². The van der Waals surface area contributed by atoms with E-state index in [9.17, 15) is 9.59 Å². The molecule has 180 valence electrons. The van der Waals surface area contributed by atoms with Crippen LogP contribution in [0.1, 0.15) is 43.0 Å². The molecule has 1 heterocycles. The number of nitrogens with one attached hydrogen (secondary N) is 2. The average molecular weight is 541 g/mol. The quantitative estimate of drug-likeness (QED) is 0.319. The first-order valence-electron chi connectivity index (χ1n) is 10.6. The van der Waals surface area contributed by atoms with Crippen LogP contribution in [0.25, 0.3) is 0 Å². The fourth-order valence-electron chi connectivity index (χ4n) is 3.24. The minimum absolute atomic E-state index is 0.0362. The number of carbonyl (C=O) groups excluding carboxylic acids is 2. The van der Waals surface area contributed by atoms with Crippen LogP contribution in [0.5, 0.6) is 0 Å². The first-order valence-corrected chi connectivity index (χ1v) is 12.7. The summed E-state index contributed by atoms with van der Waals surface area (Å²) in [6.07, 6.45) is 0. The summed E-state index contributed by atoms with van der Waals surface area (Å²) in [6.45, 7) is 6.50. The van der Waals surface area contributed by atoms with Crippen LogP contribution in [0.2, 0.25) is 15.1 Å². The Balaban J connectivity index is 1.72. The van der Waals surface area contributed by atoms with Crippen LogP contribution in [0.3, 0.4) is 0 Å². The van der Waals surface area contributed by atoms with Crippen molar-refractivity contribution in [3.05, 3.63) is 68.9 Å². The molecule has 0 saturated carbocycles. The first kappa shape index (κ1) is 26.3. The number of benzene rings is 2. The smallest absolute Gasteiger partial charge is 0.253 e. The molecule has 2 aromatic carbocycles. The zero-order chi connectivity index (χ0) is 24.8. The second-order valence-electron chi connectivity index (χ2n) is 7.72. The number of hydrogen-bond acceptors (Lipinski definition) is 5. The second-order valence-corrected chi connectivity index (χ2v) is 9.91. The number of aromatic nitrogens is 3. The number of amides is 2. The van der Waals surface area contributed by atoms with E-state index in [-0.39, 0.29) is 23.5 Å². The summed E-state index contributed by atoms with van der Waals surface area (Å²) in [5.74, 6) is 0.225. The van der Waals surface area contributed by atoms with E-state index >= 15 is 0 Å². The summed E-state index contributed by atoms with van der Waals surface area (Å²) in [5.41, 5.74) is 0.876. The van der Waals surface area contributed by atoms with Gasteiger partial charge in [0.15, 0.2) is 11.0 Å². The third-order valence-corrected chi connectivity index (χ3v) is 6.79. The fourth-order valence-corrected chi connectivity index (χ4v) is 4.72. The lowest BCUT2D eigenvalue weighted by Gasteiger charge is -2.22. The Hall–Kier alpha value is -2.26. The number of anilines is 1. The van der Waals surface area contributed by atoms with Gasteiger partial charge < -0.3 is 15.2 Å². The minimum Gasteiger partial charge on any atom is -0.342 e. The Morgan fingerprint density at radius 1 is 1.06 bits per heavy atom. The van der Waals surface area contributed by atoms with Crippen molar-refractivity contribution in [1.82, 2.24) is 20.1 Å². The zero-order valence-electron chi connectivity index (χ0n) is 18.8. The molecular formula is C23H24Cl3N5O2S. The van der Waals surface area contributed by atoms with E-state index in [4.69, 9.17) is 34.8 Å². The molecule has 0 aliphatic rings. The molecule has 11 heteroatoms. The second kappa shape index (κ2) is 11.9. The van der Waals surface area contributed by atoms with E-state index in [1.807, 2.05) is 25.3 Å². The van der Waals surface area contributed by atoms with Gasteiger partial charge in [-0.3, -0.25) is 9.59 Å². The minimum atomic E-state index is -0.396. The van der Waals surface area contributed by atoms with E-state index in [2.05, 4.69) is 20.8 Å². The number of carbonyl (C=O) groups is 2. The summed E-state index contributed by atoms with van der Waals surface area (Å²) in [6, 6.07) is 11.3. The molecule has 1 aromatic heterocycles. The highest BCUT2D eigenvalue weighted by atomic mass is 35.5. The van der Waals surface area contributed by atoms with Crippen molar-refractivity contribution in [3.8, 4) is 0 Å². The van der Waals surface area contributed by atoms with Gasteiger partial charge >= 0.3 is 0 Å². The summed E-state index contributed by atoms with van der Waals surface area (Å²) in [7, 11) is 0. The van der Waals surface area contributed by atoms with E-state index < -0.39 is 6.04 Å². The Labute approximate surface area is 217 Å². The summed E-state index contributed by atoms with van der Waals surface area (Å²) in [5, 5.41) is 16.2. The molecule has 0 radical (unpaired) electrons. The maximum Gasteiger partial charge on any atom is 0.253 e. The average Bonchev–Trinajstić information content (AvgIpc) is 3.20. The van der Waals surface area contributed by atoms with Crippen molar-refractivity contribution in [2.45, 2.75) is 38.5 Å². The summed E-state index contributed by atoms with van der Waals surface area (Å²) < 4.78 is 1.89. The lowest BCUT2D eigenvalue weighted by atomic mass is 10.0. The molecule has 0 fully saturated rings. The van der Waals surface area contributed by atoms with Gasteiger partial charge in [0, 0.05) is 11.6 Å². The normalized spacial score (nSPS) is 12.0. The molecule has 7 nitrogen and oxygen atoms in total. The van der Waals surface area contributed by atoms with Crippen molar-refractivity contribution in [2.75, 3.05) is 11.1 Å². The van der Waals surface area contributed by atoms with Crippen LogP contribution >= 0.6 is 46.6 Å². The zero-order valence-corrected chi connectivity index (χ0v) is 21.9. The van der Waals surface area contributed by atoms with E-state index in [0.717, 1.165) is 0 Å². The standard InChI is InChI=1S/C23H24Cl3N5O2S/c1-4-31-21(20(13(2)3)28-22(33)15-7-5-6-8-16(15)25)29-30-23(31)34-12-19(32)27-18-10-9-14(24)11-17(18)26/h5-11,13,20H,4,12H2,1-3H3,(H,27,32)(H,28,33)/t20-/m1/s1. The Bertz CT molecular complexity index is 1190. The van der Waals surface area contributed by atoms with Crippen LogP contribution in [0.15, 0.2) is 47.6 Å². The highest BCUT2D eigenvalue weighted by Gasteiger charge is 2.26. The van der Waals surface area contributed by atoms with E-state index in [1.165, 1.54) is 11.8 Å². The van der Waals surface area contributed by atoms with Crippen LogP contribution in [-0.2, 0) is 11.3 Å². The SMILES string of the molecule is CCn1c(SCC(=O)Nc2ccc(Cl)cc2Cl)nnc1[C@H](NC(=O)c1ccccc1Cl)C(C)C. The molecule has 2 amide bonds. The highest BCUT2D eigenvalue weighted by molar-refractivity contribution is 7.99. The van der Waals surface area contributed by atoms with E-state index in [0.29, 0.717) is 43.8 Å². The van der Waals surface area contributed by atoms with Gasteiger partial charge in [0.1, 0.15) is 0 Å². The predicted molar refractivity (Wildman–Crippen MR) is 138 cm³/mol. The summed E-state index contributed by atoms with van der Waals surface area (Å²) >= 11 is 19.5. The molecule has 0 bridgehead atoms. The lowest BCUT2D eigenvalue weighted by Crippen LogP contribution is -2.34. The number of rotatable bonds is 9. The number of nitrogens with zero attached hydrogens (tertiary/aromatic N) is 3. The van der Waals surface area contributed by atoms with Crippen molar-refractivity contribution in [3.63, 3.8) is 0 Å². The molecule has 0 aliphatic heterocycles. The van der Waals surface area contributed by atoms with Gasteiger partial charge in [0.2, 0.25) is 5.91 Å². The number of halogens is 3. The fraction of sp³-hybridized carbons (Fsp3) is 0.304. The van der Waals surface area contributed by atoms with E-state index in [1.54, 1.807) is 42.5 Å². The largest absolute Gasteiger partial charge is 0.342 e. The molecule has 0 unspecified atom stereocenters. The molecule has 3 aromatic rings. The van der Waals surface area contributed by atoms with Crippen molar-refractivity contribution in [1.29, 1.82) is 0 Å². The lowest BCUT2D eigenvalue weighted by molar-refractivity contribution is -0.113. The molecule has 0 saturated heterocycles. The maximum absolute atomic E-state index is 12.9. The number of hydrogen-bond donors (Lipinski definition) is 2. The molecule has 0 aliphatic carbocycles. The molecular weight excluding hydrogens is 517 g/mol. The molecule has 2 N–H and O–H groups in total. The van der Waals surface area contributed by atoms with Gasteiger partial charge in [-0.05, 0) is 43.2 Å². The topological polar surface area (TPSA) is 88.9 Å². The van der Waals surface area contributed by atoms with Crippen LogP contribution in [0, 0.1) is 5.92 Å².